The normalized spacial score (nSPS) is 19.7. The van der Waals surface area contributed by atoms with E-state index in [2.05, 4.69) is 31.2 Å². The lowest BCUT2D eigenvalue weighted by Crippen LogP contribution is -2.60. The highest BCUT2D eigenvalue weighted by molar-refractivity contribution is 7.98. The molecule has 2 aliphatic rings. The van der Waals surface area contributed by atoms with Crippen LogP contribution in [0.4, 0.5) is 0 Å². The third-order valence-corrected chi connectivity index (χ3v) is 10.1. The number of aromatic nitrogens is 2. The number of nitrogens with zero attached hydrogens (tertiary/aromatic N) is 3. The maximum Gasteiger partial charge on any atom is 0.326 e. The Balaban J connectivity index is 1.74. The standard InChI is InChI=1S/C34H54N10O9S/c1-18(2)27(42-30(48)25-8-6-13-44(25)33(51)23(41-28(46)19(3)35)15-20-16-37-17-38-20)31(49)39-21(11-14-54-4)32(50)43-12-5-7-24(43)29(47)40-22(34(52)53)9-10-26(36)45/h16-19,21-25,27H,5-15,35H2,1-4H3,(H2,36,45)(H,37,38)(H,39,49)(H,40,47)(H,41,46)(H,42,48)(H,52,53)/t19-,21-,22-,23-,24-,25-,27-/m0/s1. The van der Waals surface area contributed by atoms with Crippen molar-refractivity contribution in [3.05, 3.63) is 18.2 Å². The smallest absolute Gasteiger partial charge is 0.326 e. The molecule has 0 aliphatic carbocycles. The van der Waals surface area contributed by atoms with E-state index in [-0.39, 0.29) is 45.2 Å². The predicted molar refractivity (Wildman–Crippen MR) is 197 cm³/mol. The number of hydrogen-bond acceptors (Lipinski definition) is 11. The Bertz CT molecular complexity index is 1510. The number of hydrogen-bond donors (Lipinski definition) is 8. The van der Waals surface area contributed by atoms with Crippen molar-refractivity contribution in [2.24, 2.45) is 17.4 Å². The van der Waals surface area contributed by atoms with Crippen LogP contribution in [0.3, 0.4) is 0 Å². The Labute approximate surface area is 318 Å². The highest BCUT2D eigenvalue weighted by Crippen LogP contribution is 2.22. The molecule has 300 valence electrons. The van der Waals surface area contributed by atoms with Crippen LogP contribution in [-0.2, 0) is 44.8 Å². The van der Waals surface area contributed by atoms with Gasteiger partial charge in [-0.15, -0.1) is 0 Å². The van der Waals surface area contributed by atoms with Crippen molar-refractivity contribution in [2.75, 3.05) is 25.1 Å². The largest absolute Gasteiger partial charge is 0.480 e. The molecule has 0 unspecified atom stereocenters. The predicted octanol–water partition coefficient (Wildman–Crippen LogP) is -2.02. The SMILES string of the molecule is CSCC[C@H](NC(=O)[C@@H](NC(=O)[C@@H]1CCCN1C(=O)[C@H](Cc1cnc[nH]1)NC(=O)[C@H](C)N)C(C)C)C(=O)N1CCC[C@H]1C(=O)N[C@@H](CCC(N)=O)C(=O)O. The number of primary amides is 1. The van der Waals surface area contributed by atoms with Crippen LogP contribution in [0.25, 0.3) is 0 Å². The molecule has 19 nitrogen and oxygen atoms in total. The first-order chi connectivity index (χ1) is 25.5. The van der Waals surface area contributed by atoms with Crippen LogP contribution in [0.1, 0.15) is 71.4 Å². The first-order valence-electron chi connectivity index (χ1n) is 18.1. The van der Waals surface area contributed by atoms with Gasteiger partial charge in [-0.1, -0.05) is 13.8 Å². The molecule has 54 heavy (non-hydrogen) atoms. The van der Waals surface area contributed by atoms with Gasteiger partial charge in [-0.3, -0.25) is 33.6 Å². The number of nitrogens with one attached hydrogen (secondary N) is 5. The second kappa shape index (κ2) is 20.7. The number of carboxylic acid groups (broad SMARTS) is 1. The second-order valence-electron chi connectivity index (χ2n) is 14.0. The molecule has 7 atom stereocenters. The topological polar surface area (TPSA) is 292 Å². The summed E-state index contributed by atoms with van der Waals surface area (Å²) in [5.41, 5.74) is 11.5. The van der Waals surface area contributed by atoms with E-state index in [0.717, 1.165) is 0 Å². The van der Waals surface area contributed by atoms with Crippen molar-refractivity contribution in [3.8, 4) is 0 Å². The molecule has 0 aromatic carbocycles. The summed E-state index contributed by atoms with van der Waals surface area (Å²) in [6.07, 6.45) is 6.19. The first kappa shape index (κ1) is 43.7. The van der Waals surface area contributed by atoms with E-state index in [1.54, 1.807) is 13.8 Å². The number of amides is 7. The molecule has 1 aromatic rings. The van der Waals surface area contributed by atoms with E-state index < -0.39 is 95.5 Å². The Hall–Kier alpha value is -4.72. The fourth-order valence-electron chi connectivity index (χ4n) is 6.48. The molecule has 0 bridgehead atoms. The Morgan fingerprint density at radius 2 is 1.44 bits per heavy atom. The summed E-state index contributed by atoms with van der Waals surface area (Å²) >= 11 is 1.45. The molecule has 10 N–H and O–H groups in total. The lowest BCUT2D eigenvalue weighted by atomic mass is 10.0. The molecule has 0 spiro atoms. The van der Waals surface area contributed by atoms with Gasteiger partial charge in [0.05, 0.1) is 12.4 Å². The van der Waals surface area contributed by atoms with Crippen molar-refractivity contribution < 1.29 is 43.5 Å². The van der Waals surface area contributed by atoms with Gasteiger partial charge < -0.3 is 52.6 Å². The summed E-state index contributed by atoms with van der Waals surface area (Å²) in [6.45, 7) is 5.38. The number of carbonyl (C=O) groups is 8. The van der Waals surface area contributed by atoms with Gasteiger partial charge in [-0.2, -0.15) is 11.8 Å². The summed E-state index contributed by atoms with van der Waals surface area (Å²) < 4.78 is 0. The minimum atomic E-state index is -1.38. The van der Waals surface area contributed by atoms with Gasteiger partial charge >= 0.3 is 5.97 Å². The molecular weight excluding hydrogens is 725 g/mol. The van der Waals surface area contributed by atoms with Gasteiger partial charge in [0, 0.05) is 37.8 Å². The van der Waals surface area contributed by atoms with E-state index in [0.29, 0.717) is 30.7 Å². The van der Waals surface area contributed by atoms with Crippen LogP contribution < -0.4 is 32.7 Å². The van der Waals surface area contributed by atoms with E-state index >= 15 is 0 Å². The zero-order chi connectivity index (χ0) is 40.1. The molecule has 3 rings (SSSR count). The third kappa shape index (κ3) is 12.2. The number of nitrogens with two attached hydrogens (primary N) is 2. The Kier molecular flexibility index (Phi) is 16.7. The van der Waals surface area contributed by atoms with E-state index in [4.69, 9.17) is 11.5 Å². The number of rotatable bonds is 20. The zero-order valence-electron chi connectivity index (χ0n) is 31.2. The van der Waals surface area contributed by atoms with Crippen molar-refractivity contribution in [2.45, 2.75) is 114 Å². The van der Waals surface area contributed by atoms with Crippen molar-refractivity contribution >= 4 is 59.1 Å². The van der Waals surface area contributed by atoms with E-state index in [1.165, 1.54) is 41.0 Å². The number of aliphatic carboxylic acids is 1. The first-order valence-corrected chi connectivity index (χ1v) is 19.5. The molecule has 1 aromatic heterocycles. The van der Waals surface area contributed by atoms with Crippen LogP contribution in [0.2, 0.25) is 0 Å². The number of carboxylic acids is 1. The highest BCUT2D eigenvalue weighted by atomic mass is 32.2. The van der Waals surface area contributed by atoms with Gasteiger partial charge in [-0.25, -0.2) is 9.78 Å². The van der Waals surface area contributed by atoms with Gasteiger partial charge in [0.15, 0.2) is 0 Å². The molecule has 3 heterocycles. The van der Waals surface area contributed by atoms with Crippen LogP contribution in [0.5, 0.6) is 0 Å². The maximum absolute atomic E-state index is 13.9. The van der Waals surface area contributed by atoms with Gasteiger partial charge in [-0.05, 0) is 63.4 Å². The minimum absolute atomic E-state index is 0.0829. The van der Waals surface area contributed by atoms with Crippen molar-refractivity contribution in [1.82, 2.24) is 41.0 Å². The monoisotopic (exact) mass is 778 g/mol. The van der Waals surface area contributed by atoms with Crippen LogP contribution in [-0.4, -0.2) is 140 Å². The van der Waals surface area contributed by atoms with Crippen molar-refractivity contribution in [3.63, 3.8) is 0 Å². The fraction of sp³-hybridized carbons (Fsp3) is 0.676. The minimum Gasteiger partial charge on any atom is -0.480 e. The Morgan fingerprint density at radius 3 is 1.94 bits per heavy atom. The van der Waals surface area contributed by atoms with Crippen LogP contribution in [0.15, 0.2) is 12.5 Å². The fourth-order valence-corrected chi connectivity index (χ4v) is 6.95. The number of aromatic amines is 1. The summed E-state index contributed by atoms with van der Waals surface area (Å²) in [4.78, 5) is 114. The summed E-state index contributed by atoms with van der Waals surface area (Å²) in [5.74, 6) is -5.48. The summed E-state index contributed by atoms with van der Waals surface area (Å²) in [7, 11) is 0. The van der Waals surface area contributed by atoms with Gasteiger partial charge in [0.1, 0.15) is 36.3 Å². The Morgan fingerprint density at radius 1 is 0.870 bits per heavy atom. The lowest BCUT2D eigenvalue weighted by Gasteiger charge is -2.32. The average Bonchev–Trinajstić information content (AvgIpc) is 3.92. The average molecular weight is 779 g/mol. The zero-order valence-corrected chi connectivity index (χ0v) is 32.0. The highest BCUT2D eigenvalue weighted by Gasteiger charge is 2.42. The lowest BCUT2D eigenvalue weighted by molar-refractivity contribution is -0.145. The molecule has 2 aliphatic heterocycles. The van der Waals surface area contributed by atoms with Gasteiger partial charge in [0.25, 0.3) is 0 Å². The maximum atomic E-state index is 13.9. The summed E-state index contributed by atoms with van der Waals surface area (Å²) in [5, 5.41) is 20.2. The van der Waals surface area contributed by atoms with E-state index in [9.17, 15) is 43.5 Å². The second-order valence-corrected chi connectivity index (χ2v) is 15.0. The number of carbonyl (C=O) groups excluding carboxylic acids is 7. The number of likely N-dealkylation sites (tertiary alicyclic amines) is 2. The third-order valence-electron chi connectivity index (χ3n) is 9.45. The van der Waals surface area contributed by atoms with E-state index in [1.807, 2.05) is 6.26 Å². The van der Waals surface area contributed by atoms with Gasteiger partial charge in [0.2, 0.25) is 41.4 Å². The van der Waals surface area contributed by atoms with Crippen LogP contribution >= 0.6 is 11.8 Å². The summed E-state index contributed by atoms with van der Waals surface area (Å²) in [6, 6.07) is -7.39. The molecule has 20 heteroatoms. The quantitative estimate of drug-likeness (QED) is 0.0712. The molecule has 0 saturated carbocycles. The molecule has 7 amide bonds. The number of thioether (sulfide) groups is 1. The molecular formula is C34H54N10O9S. The molecule has 2 fully saturated rings. The number of imidazole rings is 1. The number of H-pyrrole nitrogens is 1. The van der Waals surface area contributed by atoms with Crippen molar-refractivity contribution in [1.29, 1.82) is 0 Å². The van der Waals surface area contributed by atoms with Crippen LogP contribution in [0, 0.1) is 5.92 Å². The molecule has 0 radical (unpaired) electrons. The molecule has 2 saturated heterocycles.